The molecule has 8 nitrogen and oxygen atoms in total. The molecule has 0 radical (unpaired) electrons. The predicted octanol–water partition coefficient (Wildman–Crippen LogP) is 1.12. The molecule has 1 aliphatic rings. The van der Waals surface area contributed by atoms with Crippen LogP contribution in [0.1, 0.15) is 42.1 Å². The predicted molar refractivity (Wildman–Crippen MR) is 89.9 cm³/mol. The van der Waals surface area contributed by atoms with E-state index in [1.54, 1.807) is 13.8 Å². The van der Waals surface area contributed by atoms with Gasteiger partial charge in [0.2, 0.25) is 0 Å². The first kappa shape index (κ1) is 19.4. The lowest BCUT2D eigenvalue weighted by Gasteiger charge is -2.29. The highest BCUT2D eigenvalue weighted by Crippen LogP contribution is 2.20. The number of ether oxygens (including phenoxy) is 1. The molecule has 1 saturated heterocycles. The lowest BCUT2D eigenvalue weighted by atomic mass is 10.1. The van der Waals surface area contributed by atoms with Gasteiger partial charge in [0.1, 0.15) is 11.3 Å². The van der Waals surface area contributed by atoms with Gasteiger partial charge in [0.15, 0.2) is 16.4 Å². The van der Waals surface area contributed by atoms with Gasteiger partial charge in [-0.25, -0.2) is 13.2 Å². The zero-order valence-electron chi connectivity index (χ0n) is 14.9. The van der Waals surface area contributed by atoms with Crippen LogP contribution >= 0.6 is 0 Å². The zero-order chi connectivity index (χ0) is 18.8. The van der Waals surface area contributed by atoms with Crippen LogP contribution in [0.15, 0.2) is 4.52 Å². The van der Waals surface area contributed by atoms with E-state index in [1.165, 1.54) is 4.90 Å². The fraction of sp³-hybridized carbons (Fsp3) is 0.688. The van der Waals surface area contributed by atoms with Gasteiger partial charge < -0.3 is 14.2 Å². The molecule has 2 heterocycles. The number of esters is 1. The van der Waals surface area contributed by atoms with Gasteiger partial charge in [-0.15, -0.1) is 0 Å². The van der Waals surface area contributed by atoms with Crippen molar-refractivity contribution in [1.82, 2.24) is 10.1 Å². The number of aromatic nitrogens is 1. The van der Waals surface area contributed by atoms with Crippen LogP contribution in [-0.4, -0.2) is 61.1 Å². The van der Waals surface area contributed by atoms with E-state index in [1.807, 2.05) is 13.8 Å². The summed E-state index contributed by atoms with van der Waals surface area (Å²) >= 11 is 0. The van der Waals surface area contributed by atoms with Crippen molar-refractivity contribution >= 4 is 21.7 Å². The van der Waals surface area contributed by atoms with E-state index in [9.17, 15) is 18.0 Å². The molecule has 0 aromatic carbocycles. The summed E-state index contributed by atoms with van der Waals surface area (Å²) in [6, 6.07) is -0.363. The maximum Gasteiger partial charge on any atom is 0.344 e. The molecule has 1 atom stereocenters. The molecule has 0 N–H and O–H groups in total. The Morgan fingerprint density at radius 3 is 2.52 bits per heavy atom. The summed E-state index contributed by atoms with van der Waals surface area (Å²) in [5.74, 6) is -0.521. The van der Waals surface area contributed by atoms with Gasteiger partial charge in [-0.2, -0.15) is 0 Å². The van der Waals surface area contributed by atoms with Crippen LogP contribution in [0.25, 0.3) is 0 Å². The van der Waals surface area contributed by atoms with Crippen LogP contribution in [0.5, 0.6) is 0 Å². The van der Waals surface area contributed by atoms with Crippen LogP contribution < -0.4 is 0 Å². The topological polar surface area (TPSA) is 107 Å². The smallest absolute Gasteiger partial charge is 0.344 e. The first-order chi connectivity index (χ1) is 11.6. The average Bonchev–Trinajstić information content (AvgIpc) is 3.04. The van der Waals surface area contributed by atoms with Gasteiger partial charge in [0.25, 0.3) is 5.91 Å². The summed E-state index contributed by atoms with van der Waals surface area (Å²) < 4.78 is 33.4. The Kier molecular flexibility index (Phi) is 5.87. The summed E-state index contributed by atoms with van der Waals surface area (Å²) in [4.78, 5) is 26.2. The van der Waals surface area contributed by atoms with Crippen LogP contribution in [0, 0.1) is 19.8 Å². The number of amides is 1. The molecule has 25 heavy (non-hydrogen) atoms. The first-order valence-electron chi connectivity index (χ1n) is 8.20. The van der Waals surface area contributed by atoms with Crippen molar-refractivity contribution in [1.29, 1.82) is 0 Å². The highest BCUT2D eigenvalue weighted by atomic mass is 32.2. The Balaban J connectivity index is 2.03. The van der Waals surface area contributed by atoms with Crippen molar-refractivity contribution in [3.05, 3.63) is 17.0 Å². The van der Waals surface area contributed by atoms with E-state index in [4.69, 9.17) is 9.26 Å². The summed E-state index contributed by atoms with van der Waals surface area (Å²) in [7, 11) is -3.11. The second kappa shape index (κ2) is 7.55. The second-order valence-electron chi connectivity index (χ2n) is 6.77. The zero-order valence-corrected chi connectivity index (χ0v) is 15.8. The molecular formula is C16H24N2O6S. The Labute approximate surface area is 147 Å². The lowest BCUT2D eigenvalue weighted by Crippen LogP contribution is -2.45. The van der Waals surface area contributed by atoms with Crippen molar-refractivity contribution in [2.75, 3.05) is 24.7 Å². The van der Waals surface area contributed by atoms with Crippen molar-refractivity contribution in [2.45, 2.75) is 40.2 Å². The monoisotopic (exact) mass is 372 g/mol. The molecule has 140 valence electrons. The molecular weight excluding hydrogens is 348 g/mol. The molecule has 1 aromatic heterocycles. The van der Waals surface area contributed by atoms with Gasteiger partial charge in [0, 0.05) is 12.6 Å². The number of carbonyl (C=O) groups excluding carboxylic acids is 2. The van der Waals surface area contributed by atoms with Crippen molar-refractivity contribution in [3.8, 4) is 0 Å². The van der Waals surface area contributed by atoms with Crippen LogP contribution in [0.3, 0.4) is 0 Å². The summed E-state index contributed by atoms with van der Waals surface area (Å²) in [5.41, 5.74) is 0.613. The maximum atomic E-state index is 12.5. The standard InChI is InChI=1S/C16H24N2O6S/c1-10(2)7-18(13-5-6-25(21,22)9-13)14(19)8-23-16(20)15-11(3)17-24-12(15)4/h10,13H,5-9H2,1-4H3/t13-/m0/s1. The largest absolute Gasteiger partial charge is 0.452 e. The second-order valence-corrected chi connectivity index (χ2v) is 9.00. The third-order valence-corrected chi connectivity index (χ3v) is 5.85. The summed E-state index contributed by atoms with van der Waals surface area (Å²) in [6.07, 6.45) is 0.415. The Morgan fingerprint density at radius 2 is 2.04 bits per heavy atom. The van der Waals surface area contributed by atoms with E-state index in [2.05, 4.69) is 5.16 Å². The Hall–Kier alpha value is -1.90. The molecule has 0 spiro atoms. The molecule has 9 heteroatoms. The first-order valence-corrected chi connectivity index (χ1v) is 10.0. The number of nitrogens with zero attached hydrogens (tertiary/aromatic N) is 2. The van der Waals surface area contributed by atoms with E-state index in [-0.39, 0.29) is 29.0 Å². The Morgan fingerprint density at radius 1 is 1.36 bits per heavy atom. The molecule has 1 aromatic rings. The van der Waals surface area contributed by atoms with E-state index in [0.717, 1.165) is 0 Å². The van der Waals surface area contributed by atoms with Crippen molar-refractivity contribution in [3.63, 3.8) is 0 Å². The number of hydrogen-bond donors (Lipinski definition) is 0. The molecule has 2 rings (SSSR count). The van der Waals surface area contributed by atoms with Gasteiger partial charge in [-0.05, 0) is 26.2 Å². The Bertz CT molecular complexity index is 733. The van der Waals surface area contributed by atoms with Crippen molar-refractivity contribution < 1.29 is 27.3 Å². The fourth-order valence-electron chi connectivity index (χ4n) is 2.93. The van der Waals surface area contributed by atoms with Gasteiger partial charge in [0.05, 0.1) is 17.2 Å². The minimum Gasteiger partial charge on any atom is -0.452 e. The molecule has 1 aliphatic heterocycles. The molecule has 0 bridgehead atoms. The summed E-state index contributed by atoms with van der Waals surface area (Å²) in [5, 5.41) is 3.68. The molecule has 0 unspecified atom stereocenters. The third-order valence-electron chi connectivity index (χ3n) is 4.10. The fourth-order valence-corrected chi connectivity index (χ4v) is 4.66. The highest BCUT2D eigenvalue weighted by molar-refractivity contribution is 7.91. The van der Waals surface area contributed by atoms with Gasteiger partial charge in [-0.3, -0.25) is 4.79 Å². The number of carbonyl (C=O) groups is 2. The summed E-state index contributed by atoms with van der Waals surface area (Å²) in [6.45, 7) is 7.07. The number of hydrogen-bond acceptors (Lipinski definition) is 7. The van der Waals surface area contributed by atoms with Crippen LogP contribution in [0.4, 0.5) is 0 Å². The van der Waals surface area contributed by atoms with Gasteiger partial charge in [-0.1, -0.05) is 19.0 Å². The number of sulfone groups is 1. The molecule has 0 aliphatic carbocycles. The quantitative estimate of drug-likeness (QED) is 0.689. The van der Waals surface area contributed by atoms with Crippen molar-refractivity contribution in [2.24, 2.45) is 5.92 Å². The van der Waals surface area contributed by atoms with Crippen LogP contribution in [0.2, 0.25) is 0 Å². The third kappa shape index (κ3) is 4.81. The van der Waals surface area contributed by atoms with Crippen LogP contribution in [-0.2, 0) is 19.4 Å². The lowest BCUT2D eigenvalue weighted by molar-refractivity contribution is -0.137. The van der Waals surface area contributed by atoms with E-state index < -0.39 is 28.3 Å². The minimum absolute atomic E-state index is 0.0384. The normalized spacial score (nSPS) is 19.2. The SMILES string of the molecule is Cc1noc(C)c1C(=O)OCC(=O)N(CC(C)C)[C@H]1CCS(=O)(=O)C1. The number of rotatable bonds is 6. The average molecular weight is 372 g/mol. The number of aryl methyl sites for hydroxylation is 2. The van der Waals surface area contributed by atoms with E-state index in [0.29, 0.717) is 24.4 Å². The highest BCUT2D eigenvalue weighted by Gasteiger charge is 2.35. The molecule has 0 saturated carbocycles. The van der Waals surface area contributed by atoms with E-state index >= 15 is 0 Å². The maximum absolute atomic E-state index is 12.5. The van der Waals surface area contributed by atoms with Gasteiger partial charge >= 0.3 is 5.97 Å². The minimum atomic E-state index is -3.11. The molecule has 1 fully saturated rings. The molecule has 1 amide bonds.